The van der Waals surface area contributed by atoms with E-state index in [9.17, 15) is 14.7 Å². The fourth-order valence-electron chi connectivity index (χ4n) is 3.24. The third kappa shape index (κ3) is 2.97. The number of aromatic amines is 1. The zero-order valence-corrected chi connectivity index (χ0v) is 15.9. The lowest BCUT2D eigenvalue weighted by molar-refractivity contribution is 0.0533. The van der Waals surface area contributed by atoms with E-state index in [4.69, 9.17) is 4.74 Å². The maximum atomic E-state index is 12.7. The predicted octanol–water partition coefficient (Wildman–Crippen LogP) is 4.81. The number of benzene rings is 2. The quantitative estimate of drug-likeness (QED) is 0.490. The number of aromatic nitrogens is 1. The van der Waals surface area contributed by atoms with Gasteiger partial charge in [-0.3, -0.25) is 4.79 Å². The Bertz CT molecular complexity index is 1210. The molecule has 0 aliphatic carbocycles. The summed E-state index contributed by atoms with van der Waals surface area (Å²) in [5.41, 5.74) is 1.69. The fraction of sp³-hybridized carbons (Fsp3) is 0.0909. The summed E-state index contributed by atoms with van der Waals surface area (Å²) >= 11 is 1.11. The highest BCUT2D eigenvalue weighted by atomic mass is 32.1. The van der Waals surface area contributed by atoms with Crippen molar-refractivity contribution >= 4 is 27.5 Å². The lowest BCUT2D eigenvalue weighted by Gasteiger charge is -2.08. The lowest BCUT2D eigenvalue weighted by Crippen LogP contribution is -2.08. The summed E-state index contributed by atoms with van der Waals surface area (Å²) in [6.07, 6.45) is 0. The number of aromatic hydroxyl groups is 1. The van der Waals surface area contributed by atoms with Gasteiger partial charge in [-0.1, -0.05) is 60.7 Å². The molecule has 0 aliphatic heterocycles. The minimum Gasteiger partial charge on any atom is -0.506 e. The molecular weight excluding hydrogens is 374 g/mol. The van der Waals surface area contributed by atoms with E-state index in [1.807, 2.05) is 36.4 Å². The minimum absolute atomic E-state index is 0.143. The minimum atomic E-state index is -0.482. The van der Waals surface area contributed by atoms with Crippen LogP contribution in [0.5, 0.6) is 5.75 Å². The summed E-state index contributed by atoms with van der Waals surface area (Å²) in [6, 6.07) is 18.3. The van der Waals surface area contributed by atoms with Crippen molar-refractivity contribution in [1.29, 1.82) is 0 Å². The average molecular weight is 391 g/mol. The summed E-state index contributed by atoms with van der Waals surface area (Å²) in [6.45, 7) is 1.97. The van der Waals surface area contributed by atoms with Gasteiger partial charge in [-0.05, 0) is 18.1 Å². The Hall–Kier alpha value is -3.38. The molecule has 2 aromatic carbocycles. The van der Waals surface area contributed by atoms with Crippen molar-refractivity contribution in [3.05, 3.63) is 75.9 Å². The first-order valence-electron chi connectivity index (χ1n) is 8.81. The van der Waals surface area contributed by atoms with Crippen LogP contribution in [0.3, 0.4) is 0 Å². The van der Waals surface area contributed by atoms with Crippen LogP contribution in [0, 0.1) is 0 Å². The van der Waals surface area contributed by atoms with Crippen LogP contribution >= 0.6 is 11.3 Å². The first-order valence-corrected chi connectivity index (χ1v) is 9.63. The number of carbonyl (C=O) groups is 1. The van der Waals surface area contributed by atoms with Crippen LogP contribution < -0.4 is 5.56 Å². The van der Waals surface area contributed by atoms with Crippen LogP contribution in [0.15, 0.2) is 65.5 Å². The number of H-pyrrole nitrogens is 1. The van der Waals surface area contributed by atoms with Gasteiger partial charge in [0.25, 0.3) is 5.56 Å². The Morgan fingerprint density at radius 1 is 1.00 bits per heavy atom. The molecule has 0 bridgehead atoms. The number of nitrogens with one attached hydrogen (secondary N) is 1. The number of fused-ring (bicyclic) bond motifs is 1. The maximum Gasteiger partial charge on any atom is 0.349 e. The SMILES string of the molecule is CCOC(=O)c1sc2[nH]c(=O)c(-c3ccccc3)c(O)c2c1-c1ccccc1. The molecule has 4 rings (SSSR count). The molecule has 28 heavy (non-hydrogen) atoms. The second-order valence-corrected chi connectivity index (χ2v) is 7.16. The average Bonchev–Trinajstić information content (AvgIpc) is 3.09. The van der Waals surface area contributed by atoms with E-state index in [-0.39, 0.29) is 17.9 Å². The van der Waals surface area contributed by atoms with Crippen LogP contribution in [0.2, 0.25) is 0 Å². The van der Waals surface area contributed by atoms with E-state index >= 15 is 0 Å². The molecule has 4 aromatic rings. The molecule has 0 fully saturated rings. The Morgan fingerprint density at radius 3 is 2.14 bits per heavy atom. The number of rotatable bonds is 4. The zero-order valence-electron chi connectivity index (χ0n) is 15.1. The summed E-state index contributed by atoms with van der Waals surface area (Å²) in [4.78, 5) is 28.9. The summed E-state index contributed by atoms with van der Waals surface area (Å²) in [7, 11) is 0. The first-order chi connectivity index (χ1) is 13.6. The van der Waals surface area contributed by atoms with Gasteiger partial charge in [-0.25, -0.2) is 4.79 Å². The molecule has 0 saturated carbocycles. The molecule has 0 radical (unpaired) electrons. The molecule has 0 spiro atoms. The standard InChI is InChI=1S/C22H17NO4S/c1-2-27-22(26)19-15(13-9-5-3-6-10-13)17-18(24)16(14-11-7-4-8-12-14)20(25)23-21(17)28-19/h3-12H,2H2,1H3,(H2,23,24,25). The third-order valence-corrected chi connectivity index (χ3v) is 5.51. The summed E-state index contributed by atoms with van der Waals surface area (Å²) in [5, 5.41) is 11.5. The molecule has 0 amide bonds. The largest absolute Gasteiger partial charge is 0.506 e. The third-order valence-electron chi connectivity index (χ3n) is 4.42. The number of esters is 1. The van der Waals surface area contributed by atoms with E-state index in [2.05, 4.69) is 4.98 Å². The molecule has 0 unspecified atom stereocenters. The van der Waals surface area contributed by atoms with Crippen molar-refractivity contribution in [2.45, 2.75) is 6.92 Å². The van der Waals surface area contributed by atoms with Crippen molar-refractivity contribution < 1.29 is 14.6 Å². The molecule has 2 N–H and O–H groups in total. The number of pyridine rings is 1. The highest BCUT2D eigenvalue weighted by Gasteiger charge is 2.26. The molecule has 140 valence electrons. The molecule has 0 saturated heterocycles. The number of carbonyl (C=O) groups excluding carboxylic acids is 1. The highest BCUT2D eigenvalue weighted by Crippen LogP contribution is 2.44. The monoisotopic (exact) mass is 391 g/mol. The zero-order chi connectivity index (χ0) is 19.7. The van der Waals surface area contributed by atoms with Crippen molar-refractivity contribution in [2.24, 2.45) is 0 Å². The van der Waals surface area contributed by atoms with E-state index < -0.39 is 11.5 Å². The highest BCUT2D eigenvalue weighted by molar-refractivity contribution is 7.21. The maximum absolute atomic E-state index is 12.7. The van der Waals surface area contributed by atoms with Gasteiger partial charge in [-0.2, -0.15) is 0 Å². The lowest BCUT2D eigenvalue weighted by atomic mass is 9.99. The van der Waals surface area contributed by atoms with Gasteiger partial charge >= 0.3 is 5.97 Å². The van der Waals surface area contributed by atoms with Gasteiger partial charge in [0.05, 0.1) is 17.6 Å². The van der Waals surface area contributed by atoms with E-state index in [0.29, 0.717) is 26.2 Å². The van der Waals surface area contributed by atoms with Crippen LogP contribution in [0.1, 0.15) is 16.6 Å². The first kappa shape index (κ1) is 18.0. The van der Waals surface area contributed by atoms with Crippen LogP contribution in [0.4, 0.5) is 0 Å². The van der Waals surface area contributed by atoms with Gasteiger partial charge in [0.1, 0.15) is 15.5 Å². The van der Waals surface area contributed by atoms with Gasteiger partial charge in [0.15, 0.2) is 0 Å². The molecule has 6 heteroatoms. The second kappa shape index (κ2) is 7.32. The van der Waals surface area contributed by atoms with Crippen molar-refractivity contribution in [3.63, 3.8) is 0 Å². The molecule has 2 aromatic heterocycles. The van der Waals surface area contributed by atoms with Gasteiger partial charge in [0.2, 0.25) is 0 Å². The Balaban J connectivity index is 2.09. The van der Waals surface area contributed by atoms with Gasteiger partial charge < -0.3 is 14.8 Å². The van der Waals surface area contributed by atoms with Crippen LogP contribution in [0.25, 0.3) is 32.5 Å². The van der Waals surface area contributed by atoms with Gasteiger partial charge in [-0.15, -0.1) is 11.3 Å². The molecule has 5 nitrogen and oxygen atoms in total. The van der Waals surface area contributed by atoms with Crippen molar-refractivity contribution in [2.75, 3.05) is 6.61 Å². The smallest absolute Gasteiger partial charge is 0.349 e. The topological polar surface area (TPSA) is 79.4 Å². The Kier molecular flexibility index (Phi) is 4.71. The second-order valence-electron chi connectivity index (χ2n) is 6.14. The van der Waals surface area contributed by atoms with Gasteiger partial charge in [0, 0.05) is 5.56 Å². The fourth-order valence-corrected chi connectivity index (χ4v) is 4.35. The predicted molar refractivity (Wildman–Crippen MR) is 111 cm³/mol. The molecule has 2 heterocycles. The Labute approximate surface area is 164 Å². The van der Waals surface area contributed by atoms with Crippen molar-refractivity contribution in [3.8, 4) is 28.0 Å². The summed E-state index contributed by atoms with van der Waals surface area (Å²) < 4.78 is 5.20. The van der Waals surface area contributed by atoms with E-state index in [1.54, 1.807) is 31.2 Å². The van der Waals surface area contributed by atoms with Crippen LogP contribution in [-0.2, 0) is 4.74 Å². The van der Waals surface area contributed by atoms with Crippen molar-refractivity contribution in [1.82, 2.24) is 4.98 Å². The Morgan fingerprint density at radius 2 is 1.57 bits per heavy atom. The number of ether oxygens (including phenoxy) is 1. The number of thiophene rings is 1. The molecule has 0 atom stereocenters. The number of hydrogen-bond acceptors (Lipinski definition) is 5. The van der Waals surface area contributed by atoms with E-state index in [1.165, 1.54) is 0 Å². The summed E-state index contributed by atoms with van der Waals surface area (Å²) in [5.74, 6) is -0.625. The normalized spacial score (nSPS) is 10.9. The molecular formula is C22H17NO4S. The number of hydrogen-bond donors (Lipinski definition) is 2. The molecule has 0 aliphatic rings. The van der Waals surface area contributed by atoms with E-state index in [0.717, 1.165) is 16.9 Å². The van der Waals surface area contributed by atoms with Crippen LogP contribution in [-0.4, -0.2) is 22.7 Å².